The van der Waals surface area contributed by atoms with Gasteiger partial charge in [0.2, 0.25) is 0 Å². The van der Waals surface area contributed by atoms with E-state index < -0.39 is 22.4 Å². The van der Waals surface area contributed by atoms with Crippen molar-refractivity contribution in [1.29, 1.82) is 0 Å². The number of nitrogens with zero attached hydrogens (tertiary/aromatic N) is 1. The van der Waals surface area contributed by atoms with E-state index in [4.69, 9.17) is 5.11 Å². The highest BCUT2D eigenvalue weighted by atomic mass is 32.1. The van der Waals surface area contributed by atoms with E-state index in [1.807, 2.05) is 0 Å². The van der Waals surface area contributed by atoms with Gasteiger partial charge in [-0.25, -0.2) is 4.79 Å². The topological polar surface area (TPSA) is 76.4 Å². The van der Waals surface area contributed by atoms with Crippen molar-refractivity contribution in [3.05, 3.63) is 44.3 Å². The summed E-state index contributed by atoms with van der Waals surface area (Å²) >= 11 is 0.872. The van der Waals surface area contributed by atoms with Crippen molar-refractivity contribution in [3.63, 3.8) is 0 Å². The van der Waals surface area contributed by atoms with Crippen molar-refractivity contribution < 1.29 is 9.90 Å². The van der Waals surface area contributed by atoms with Gasteiger partial charge < -0.3 is 5.11 Å². The summed E-state index contributed by atoms with van der Waals surface area (Å²) in [6.45, 7) is 1.31. The van der Waals surface area contributed by atoms with Crippen LogP contribution >= 0.6 is 11.3 Å². The molecule has 17 heavy (non-hydrogen) atoms. The van der Waals surface area contributed by atoms with Gasteiger partial charge in [-0.15, -0.1) is 0 Å². The number of benzene rings is 1. The van der Waals surface area contributed by atoms with Crippen LogP contribution in [0.3, 0.4) is 0 Å². The van der Waals surface area contributed by atoms with Crippen LogP contribution < -0.4 is 10.4 Å². The minimum Gasteiger partial charge on any atom is -0.480 e. The minimum absolute atomic E-state index is 0.366. The molecule has 0 radical (unpaired) electrons. The first-order valence-electron chi connectivity index (χ1n) is 4.89. The van der Waals surface area contributed by atoms with E-state index in [1.54, 1.807) is 24.3 Å². The maximum absolute atomic E-state index is 12.0. The number of hydrogen-bond acceptors (Lipinski definition) is 4. The van der Waals surface area contributed by atoms with Crippen molar-refractivity contribution in [2.75, 3.05) is 0 Å². The van der Waals surface area contributed by atoms with Gasteiger partial charge in [0.05, 0.1) is 5.39 Å². The Balaban J connectivity index is 2.86. The molecule has 1 aromatic heterocycles. The van der Waals surface area contributed by atoms with Gasteiger partial charge >= 0.3 is 10.8 Å². The van der Waals surface area contributed by atoms with Crippen LogP contribution in [0, 0.1) is 0 Å². The Bertz CT molecular complexity index is 700. The number of carboxylic acid groups (broad SMARTS) is 1. The maximum Gasteiger partial charge on any atom is 0.326 e. The van der Waals surface area contributed by atoms with E-state index in [0.717, 1.165) is 15.9 Å². The predicted octanol–water partition coefficient (Wildman–Crippen LogP) is 1.07. The largest absolute Gasteiger partial charge is 0.480 e. The van der Waals surface area contributed by atoms with Crippen LogP contribution in [0.4, 0.5) is 0 Å². The minimum atomic E-state index is -1.20. The summed E-state index contributed by atoms with van der Waals surface area (Å²) in [6.07, 6.45) is 0. The number of fused-ring (bicyclic) bond motifs is 1. The highest BCUT2D eigenvalue weighted by molar-refractivity contribution is 7.16. The van der Waals surface area contributed by atoms with E-state index in [9.17, 15) is 14.4 Å². The molecule has 0 aliphatic carbocycles. The normalized spacial score (nSPS) is 12.5. The fourth-order valence-corrected chi connectivity index (χ4v) is 2.47. The molecule has 0 aliphatic heterocycles. The Hall–Kier alpha value is -1.95. The van der Waals surface area contributed by atoms with E-state index in [0.29, 0.717) is 10.1 Å². The molecule has 0 bridgehead atoms. The molecule has 88 valence electrons. The summed E-state index contributed by atoms with van der Waals surface area (Å²) in [4.78, 5) is 34.0. The Morgan fingerprint density at radius 2 is 2.00 bits per heavy atom. The first kappa shape index (κ1) is 11.5. The third kappa shape index (κ3) is 1.87. The molecule has 1 unspecified atom stereocenters. The molecule has 2 aromatic rings. The molecule has 1 N–H and O–H groups in total. The van der Waals surface area contributed by atoms with E-state index in [-0.39, 0.29) is 0 Å². The molecular formula is C11H9NO4S. The van der Waals surface area contributed by atoms with Crippen molar-refractivity contribution in [1.82, 2.24) is 4.57 Å². The van der Waals surface area contributed by atoms with Crippen LogP contribution in [0.1, 0.15) is 13.0 Å². The van der Waals surface area contributed by atoms with Crippen LogP contribution in [0.25, 0.3) is 10.1 Å². The van der Waals surface area contributed by atoms with Gasteiger partial charge in [0.15, 0.2) is 0 Å². The highest BCUT2D eigenvalue weighted by Crippen LogP contribution is 2.12. The van der Waals surface area contributed by atoms with E-state index in [1.165, 1.54) is 6.92 Å². The monoisotopic (exact) mass is 251 g/mol. The summed E-state index contributed by atoms with van der Waals surface area (Å²) in [6, 6.07) is 5.49. The molecule has 0 spiro atoms. The Kier molecular flexibility index (Phi) is 2.81. The van der Waals surface area contributed by atoms with Gasteiger partial charge in [0, 0.05) is 4.70 Å². The molecule has 0 amide bonds. The standard InChI is InChI=1S/C11H9NO4S/c1-6(10(14)15)12-9(13)7-4-2-3-5-8(7)17-11(12)16/h2-6H,1H3,(H,14,15). The predicted molar refractivity (Wildman–Crippen MR) is 64.7 cm³/mol. The lowest BCUT2D eigenvalue weighted by Crippen LogP contribution is -2.36. The second-order valence-corrected chi connectivity index (χ2v) is 4.55. The summed E-state index contributed by atoms with van der Waals surface area (Å²) < 4.78 is 1.34. The molecular weight excluding hydrogens is 242 g/mol. The third-order valence-electron chi connectivity index (χ3n) is 2.47. The number of aromatic nitrogens is 1. The van der Waals surface area contributed by atoms with Crippen LogP contribution in [0.5, 0.6) is 0 Å². The maximum atomic E-state index is 12.0. The van der Waals surface area contributed by atoms with Gasteiger partial charge in [-0.05, 0) is 19.1 Å². The molecule has 0 fully saturated rings. The zero-order valence-corrected chi connectivity index (χ0v) is 9.73. The average molecular weight is 251 g/mol. The number of aliphatic carboxylic acids is 1. The molecule has 0 saturated heterocycles. The Morgan fingerprint density at radius 3 is 2.65 bits per heavy atom. The second kappa shape index (κ2) is 4.14. The van der Waals surface area contributed by atoms with Crippen LogP contribution in [-0.4, -0.2) is 15.6 Å². The fraction of sp³-hybridized carbons (Fsp3) is 0.182. The van der Waals surface area contributed by atoms with Crippen molar-refractivity contribution >= 4 is 27.4 Å². The zero-order chi connectivity index (χ0) is 12.6. The molecule has 0 saturated carbocycles. The molecule has 1 atom stereocenters. The van der Waals surface area contributed by atoms with E-state index in [2.05, 4.69) is 0 Å². The third-order valence-corrected chi connectivity index (χ3v) is 3.42. The SMILES string of the molecule is CC(C(=O)O)n1c(=O)sc2ccccc2c1=O. The number of carboxylic acids is 1. The van der Waals surface area contributed by atoms with E-state index >= 15 is 0 Å². The first-order valence-corrected chi connectivity index (χ1v) is 5.71. The summed E-state index contributed by atoms with van der Waals surface area (Å²) in [5.74, 6) is -1.20. The lowest BCUT2D eigenvalue weighted by molar-refractivity contribution is -0.140. The number of carbonyl (C=O) groups is 1. The quantitative estimate of drug-likeness (QED) is 0.866. The molecule has 1 heterocycles. The van der Waals surface area contributed by atoms with Crippen LogP contribution in [-0.2, 0) is 4.79 Å². The molecule has 5 nitrogen and oxygen atoms in total. The lowest BCUT2D eigenvalue weighted by Gasteiger charge is -2.09. The fourth-order valence-electron chi connectivity index (χ4n) is 1.53. The van der Waals surface area contributed by atoms with Crippen LogP contribution in [0.2, 0.25) is 0 Å². The number of rotatable bonds is 2. The molecule has 6 heteroatoms. The highest BCUT2D eigenvalue weighted by Gasteiger charge is 2.19. The smallest absolute Gasteiger partial charge is 0.326 e. The second-order valence-electron chi connectivity index (χ2n) is 3.55. The summed E-state index contributed by atoms with van der Waals surface area (Å²) in [7, 11) is 0. The first-order chi connectivity index (χ1) is 8.02. The Morgan fingerprint density at radius 1 is 1.35 bits per heavy atom. The molecule has 1 aromatic carbocycles. The van der Waals surface area contributed by atoms with Gasteiger partial charge in [0.1, 0.15) is 6.04 Å². The summed E-state index contributed by atoms with van der Waals surface area (Å²) in [5, 5.41) is 9.23. The van der Waals surface area contributed by atoms with Gasteiger partial charge in [-0.3, -0.25) is 14.2 Å². The van der Waals surface area contributed by atoms with Gasteiger partial charge in [0.25, 0.3) is 5.56 Å². The van der Waals surface area contributed by atoms with Crippen LogP contribution in [0.15, 0.2) is 33.9 Å². The van der Waals surface area contributed by atoms with Crippen molar-refractivity contribution in [2.45, 2.75) is 13.0 Å². The lowest BCUT2D eigenvalue weighted by atomic mass is 10.2. The molecule has 2 rings (SSSR count). The number of hydrogen-bond donors (Lipinski definition) is 1. The average Bonchev–Trinajstić information content (AvgIpc) is 2.28. The van der Waals surface area contributed by atoms with Crippen molar-refractivity contribution in [2.24, 2.45) is 0 Å². The van der Waals surface area contributed by atoms with Gasteiger partial charge in [-0.1, -0.05) is 23.5 Å². The zero-order valence-electron chi connectivity index (χ0n) is 8.91. The Labute approximate surface area is 99.6 Å². The summed E-state index contributed by atoms with van der Waals surface area (Å²) in [5.41, 5.74) is -0.556. The van der Waals surface area contributed by atoms with Gasteiger partial charge in [-0.2, -0.15) is 0 Å². The van der Waals surface area contributed by atoms with Crippen molar-refractivity contribution in [3.8, 4) is 0 Å². The molecule has 0 aliphatic rings.